The van der Waals surface area contributed by atoms with Gasteiger partial charge in [-0.05, 0) is 15.5 Å². The van der Waals surface area contributed by atoms with E-state index in [0.717, 1.165) is 0 Å². The van der Waals surface area contributed by atoms with Gasteiger partial charge >= 0.3 is 8.25 Å². The number of hydrogen-bond donors (Lipinski definition) is 1. The third kappa shape index (κ3) is 1340. The zero-order valence-electron chi connectivity index (χ0n) is 5.12. The van der Waals surface area contributed by atoms with E-state index >= 15 is 0 Å². The highest BCUT2D eigenvalue weighted by molar-refractivity contribution is 7.94. The fourth-order valence-corrected chi connectivity index (χ4v) is 0. The van der Waals surface area contributed by atoms with Crippen LogP contribution in [0.2, 0.25) is 0 Å². The molecule has 50 valence electrons. The molecule has 0 bridgehead atoms. The molecule has 0 fully saturated rings. The highest BCUT2D eigenvalue weighted by atomic mass is 32.2. The van der Waals surface area contributed by atoms with Crippen LogP contribution in [0.5, 0.6) is 0 Å². The summed E-state index contributed by atoms with van der Waals surface area (Å²) in [5.41, 5.74) is 0. The molecule has 1 N–H and O–H groups in total. The molecule has 0 radical (unpaired) electrons. The Hall–Kier alpha value is 0.370. The summed E-state index contributed by atoms with van der Waals surface area (Å²) in [5, 5.41) is 0. The van der Waals surface area contributed by atoms with Gasteiger partial charge in [-0.25, -0.2) is 0 Å². The molecule has 3 nitrogen and oxygen atoms in total. The first-order valence-electron chi connectivity index (χ1n) is 1.79. The third-order valence-electron chi connectivity index (χ3n) is 0. The fourth-order valence-electron chi connectivity index (χ4n) is 0. The maximum Gasteiger partial charge on any atom is 0.485 e. The van der Waals surface area contributed by atoms with Crippen LogP contribution in [0.25, 0.3) is 0 Å². The molecule has 8 heavy (non-hydrogen) atoms. The molecule has 0 amide bonds. The van der Waals surface area contributed by atoms with Crippen molar-refractivity contribution in [2.45, 2.75) is 0 Å². The van der Waals surface area contributed by atoms with Crippen molar-refractivity contribution in [3.05, 3.63) is 0 Å². The van der Waals surface area contributed by atoms with Gasteiger partial charge in [0.25, 0.3) is 0 Å². The van der Waals surface area contributed by atoms with Crippen LogP contribution in [-0.2, 0) is 15.5 Å². The highest BCUT2D eigenvalue weighted by Gasteiger charge is 1.77. The lowest BCUT2D eigenvalue weighted by atomic mass is 11.9. The van der Waals surface area contributed by atoms with Crippen LogP contribution >= 0.6 is 8.25 Å². The van der Waals surface area contributed by atoms with Gasteiger partial charge < -0.3 is 4.89 Å². The molecule has 0 aromatic rings. The Bertz CT molecular complexity index is 58.8. The second kappa shape index (κ2) is 7.37. The lowest BCUT2D eigenvalue weighted by molar-refractivity contribution is -0.180. The minimum atomic E-state index is -3.12. The average Bonchev–Trinajstić information content (AvgIpc) is 1.25. The van der Waals surface area contributed by atoms with Crippen LogP contribution in [0, 0.1) is 0 Å². The summed E-state index contributed by atoms with van der Waals surface area (Å²) in [4.78, 5) is 15.6. The molecule has 0 aromatic carbocycles. The van der Waals surface area contributed by atoms with Crippen molar-refractivity contribution in [3.63, 3.8) is 0 Å². The highest BCUT2D eigenvalue weighted by Crippen LogP contribution is 1.89. The first-order chi connectivity index (χ1) is 3.46. The average molecular weight is 157 g/mol. The van der Waals surface area contributed by atoms with Crippen molar-refractivity contribution in [1.82, 2.24) is 0 Å². The predicted octanol–water partition coefficient (Wildman–Crippen LogP) is -0.510. The minimum Gasteiger partial charge on any atom is -0.567 e. The molecule has 0 heterocycles. The molecule has 0 aliphatic heterocycles. The quantitative estimate of drug-likeness (QED) is 0.380. The van der Waals surface area contributed by atoms with Crippen molar-refractivity contribution in [2.75, 3.05) is 18.8 Å². The van der Waals surface area contributed by atoms with Crippen LogP contribution in [0.3, 0.4) is 0 Å². The lowest BCUT2D eigenvalue weighted by Crippen LogP contribution is -1.84. The van der Waals surface area contributed by atoms with E-state index in [9.17, 15) is 0 Å². The van der Waals surface area contributed by atoms with E-state index in [1.54, 1.807) is 0 Å². The molecule has 0 aliphatic rings. The second-order valence-electron chi connectivity index (χ2n) is 1.46. The Labute approximate surface area is 53.0 Å². The van der Waals surface area contributed by atoms with Crippen molar-refractivity contribution in [3.8, 4) is 0 Å². The summed E-state index contributed by atoms with van der Waals surface area (Å²) >= 11 is 0. The van der Waals surface area contributed by atoms with Gasteiger partial charge in [0.1, 0.15) is 0 Å². The maximum absolute atomic E-state index is 8.59. The monoisotopic (exact) mass is 157 g/mol. The van der Waals surface area contributed by atoms with Crippen LogP contribution in [-0.4, -0.2) is 23.7 Å². The first-order valence-corrected chi connectivity index (χ1v) is 5.37. The normalized spacial score (nSPS) is 10.0. The number of hydrogen-bond acceptors (Lipinski definition) is 2. The summed E-state index contributed by atoms with van der Waals surface area (Å²) in [5.74, 6) is 0. The zero-order valence-corrected chi connectivity index (χ0v) is 6.83. The van der Waals surface area contributed by atoms with E-state index in [2.05, 4.69) is 18.8 Å². The fraction of sp³-hybridized carbons (Fsp3) is 1.00. The van der Waals surface area contributed by atoms with Gasteiger partial charge in [-0.2, -0.15) is 4.89 Å². The summed E-state index contributed by atoms with van der Waals surface area (Å²) < 4.78 is 8.59. The lowest BCUT2D eigenvalue weighted by Gasteiger charge is -1.69. The van der Waals surface area contributed by atoms with Gasteiger partial charge in [-0.3, -0.25) is 0 Å². The van der Waals surface area contributed by atoms with Crippen molar-refractivity contribution < 1.29 is 14.4 Å². The molecule has 0 aliphatic carbocycles. The Balaban J connectivity index is 0. The molecular formula is C3H10O3PS+. The van der Waals surface area contributed by atoms with E-state index in [1.165, 1.54) is 0 Å². The summed E-state index contributed by atoms with van der Waals surface area (Å²) in [7, 11) is -2.48. The van der Waals surface area contributed by atoms with Crippen LogP contribution in [0.4, 0.5) is 0 Å². The topological polar surface area (TPSA) is 60.4 Å². The van der Waals surface area contributed by atoms with Crippen LogP contribution in [0.1, 0.15) is 0 Å². The molecule has 0 saturated carbocycles. The third-order valence-corrected chi connectivity index (χ3v) is 0. The summed E-state index contributed by atoms with van der Waals surface area (Å²) in [6, 6.07) is 0. The SMILES string of the molecule is C[S+](C)C.O=[P+]([O-])O. The van der Waals surface area contributed by atoms with Crippen molar-refractivity contribution in [1.29, 1.82) is 0 Å². The summed E-state index contributed by atoms with van der Waals surface area (Å²) in [6.07, 6.45) is 6.58. The van der Waals surface area contributed by atoms with Crippen LogP contribution in [0.15, 0.2) is 0 Å². The Morgan fingerprint density at radius 3 is 1.50 bits per heavy atom. The molecule has 1 atom stereocenters. The summed E-state index contributed by atoms with van der Waals surface area (Å²) in [6.45, 7) is 0. The van der Waals surface area contributed by atoms with Gasteiger partial charge in [0, 0.05) is 0 Å². The zero-order chi connectivity index (χ0) is 7.15. The van der Waals surface area contributed by atoms with Crippen molar-refractivity contribution in [2.24, 2.45) is 0 Å². The first kappa shape index (κ1) is 11.2. The minimum absolute atomic E-state index is 0.639. The van der Waals surface area contributed by atoms with E-state index in [1.807, 2.05) is 0 Å². The van der Waals surface area contributed by atoms with Gasteiger partial charge in [0.15, 0.2) is 0 Å². The van der Waals surface area contributed by atoms with Crippen LogP contribution < -0.4 is 4.89 Å². The predicted molar refractivity (Wildman–Crippen MR) is 35.0 cm³/mol. The van der Waals surface area contributed by atoms with Gasteiger partial charge in [0.05, 0.1) is 18.8 Å². The molecule has 0 spiro atoms. The molecule has 1 unspecified atom stereocenters. The second-order valence-corrected chi connectivity index (χ2v) is 4.39. The molecular weight excluding hydrogens is 147 g/mol. The van der Waals surface area contributed by atoms with E-state index in [0.29, 0.717) is 10.9 Å². The van der Waals surface area contributed by atoms with Gasteiger partial charge in [0.2, 0.25) is 0 Å². The Morgan fingerprint density at radius 2 is 1.50 bits per heavy atom. The molecule has 0 saturated heterocycles. The Morgan fingerprint density at radius 1 is 1.50 bits per heavy atom. The molecule has 0 rings (SSSR count). The van der Waals surface area contributed by atoms with E-state index < -0.39 is 8.25 Å². The van der Waals surface area contributed by atoms with Gasteiger partial charge in [-0.1, -0.05) is 0 Å². The van der Waals surface area contributed by atoms with E-state index in [4.69, 9.17) is 14.4 Å². The standard InChI is InChI=1S/C3H9S.HO3P/c2*1-4(2)3/h1-3H3;(H,1,2,3)/q+1;. The Kier molecular flexibility index (Phi) is 10.3. The van der Waals surface area contributed by atoms with Crippen molar-refractivity contribution >= 4 is 19.1 Å². The van der Waals surface area contributed by atoms with Gasteiger partial charge in [-0.15, -0.1) is 0 Å². The smallest absolute Gasteiger partial charge is 0.485 e. The number of rotatable bonds is 0. The largest absolute Gasteiger partial charge is 0.567 e. The molecule has 5 heteroatoms. The molecule has 0 aromatic heterocycles. The maximum atomic E-state index is 8.59. The van der Waals surface area contributed by atoms with E-state index in [-0.39, 0.29) is 0 Å².